The molecule has 0 fully saturated rings. The Morgan fingerprint density at radius 2 is 2.20 bits per heavy atom. The zero-order chi connectivity index (χ0) is 14.3. The minimum atomic E-state index is -0.0676. The number of halogens is 1. The summed E-state index contributed by atoms with van der Waals surface area (Å²) in [5, 5.41) is 2.57. The molecule has 6 heteroatoms. The van der Waals surface area contributed by atoms with E-state index in [1.807, 2.05) is 29.6 Å². The average molecular weight is 367 g/mol. The highest BCUT2D eigenvalue weighted by molar-refractivity contribution is 9.10. The van der Waals surface area contributed by atoms with Crippen LogP contribution in [0.4, 0.5) is 0 Å². The SMILES string of the molecule is CCc1cc(Br)ccc1-n1c(=S)[nH]c2sccc2c1=O. The second kappa shape index (κ2) is 5.27. The van der Waals surface area contributed by atoms with Gasteiger partial charge in [0, 0.05) is 4.47 Å². The molecule has 3 aromatic rings. The molecule has 0 bridgehead atoms. The Bertz CT molecular complexity index is 907. The fraction of sp³-hybridized carbons (Fsp3) is 0.143. The first-order chi connectivity index (χ1) is 9.61. The molecular weight excluding hydrogens is 356 g/mol. The third-order valence-corrected chi connectivity index (χ3v) is 4.79. The molecule has 1 aromatic carbocycles. The summed E-state index contributed by atoms with van der Waals surface area (Å²) in [6, 6.07) is 7.70. The molecule has 0 unspecified atom stereocenters. The number of hydrogen-bond acceptors (Lipinski definition) is 3. The molecule has 0 aliphatic rings. The number of hydrogen-bond donors (Lipinski definition) is 1. The lowest BCUT2D eigenvalue weighted by molar-refractivity contribution is 0.918. The summed E-state index contributed by atoms with van der Waals surface area (Å²) in [5.74, 6) is 0. The number of aryl methyl sites for hydroxylation is 1. The van der Waals surface area contributed by atoms with Crippen LogP contribution in [0.1, 0.15) is 12.5 Å². The van der Waals surface area contributed by atoms with E-state index in [1.165, 1.54) is 11.3 Å². The normalized spacial score (nSPS) is 11.1. The van der Waals surface area contributed by atoms with Gasteiger partial charge in [0.25, 0.3) is 5.56 Å². The van der Waals surface area contributed by atoms with Crippen molar-refractivity contribution in [3.63, 3.8) is 0 Å². The molecule has 1 N–H and O–H groups in total. The molecule has 3 rings (SSSR count). The van der Waals surface area contributed by atoms with Gasteiger partial charge in [-0.2, -0.15) is 0 Å². The van der Waals surface area contributed by atoms with Gasteiger partial charge in [0.15, 0.2) is 4.77 Å². The molecule has 0 radical (unpaired) electrons. The third-order valence-electron chi connectivity index (χ3n) is 3.19. The molecule has 0 aliphatic heterocycles. The quantitative estimate of drug-likeness (QED) is 0.681. The maximum atomic E-state index is 12.6. The Morgan fingerprint density at radius 3 is 2.95 bits per heavy atom. The van der Waals surface area contributed by atoms with Crippen molar-refractivity contribution in [2.45, 2.75) is 13.3 Å². The smallest absolute Gasteiger partial charge is 0.267 e. The largest absolute Gasteiger partial charge is 0.323 e. The van der Waals surface area contributed by atoms with Crippen LogP contribution in [-0.2, 0) is 6.42 Å². The summed E-state index contributed by atoms with van der Waals surface area (Å²) in [6.45, 7) is 2.06. The molecule has 102 valence electrons. The Balaban J connectivity index is 2.40. The Labute approximate surface area is 133 Å². The molecule has 3 nitrogen and oxygen atoms in total. The van der Waals surface area contributed by atoms with Crippen molar-refractivity contribution in [2.24, 2.45) is 0 Å². The van der Waals surface area contributed by atoms with Gasteiger partial charge in [0.2, 0.25) is 0 Å². The number of nitrogens with zero attached hydrogens (tertiary/aromatic N) is 1. The molecule has 0 aliphatic carbocycles. The fourth-order valence-electron chi connectivity index (χ4n) is 2.21. The minimum absolute atomic E-state index is 0.0676. The maximum Gasteiger partial charge on any atom is 0.267 e. The molecule has 20 heavy (non-hydrogen) atoms. The van der Waals surface area contributed by atoms with E-state index in [2.05, 4.69) is 27.8 Å². The standard InChI is InChI=1S/C14H11BrN2OS2/c1-2-8-7-9(15)3-4-11(8)17-13(18)10-5-6-20-12(10)16-14(17)19/h3-7H,2H2,1H3,(H,16,19). The number of H-pyrrole nitrogens is 1. The zero-order valence-corrected chi connectivity index (χ0v) is 13.9. The highest BCUT2D eigenvalue weighted by atomic mass is 79.9. The predicted octanol–water partition coefficient (Wildman–Crippen LogP) is 4.43. The number of aromatic nitrogens is 2. The lowest BCUT2D eigenvalue weighted by Gasteiger charge is -2.11. The number of thiophene rings is 1. The summed E-state index contributed by atoms with van der Waals surface area (Å²) in [5.41, 5.74) is 1.85. The Morgan fingerprint density at radius 1 is 1.40 bits per heavy atom. The topological polar surface area (TPSA) is 37.8 Å². The molecule has 0 amide bonds. The summed E-state index contributed by atoms with van der Waals surface area (Å²) in [4.78, 5) is 16.6. The van der Waals surface area contributed by atoms with Crippen molar-refractivity contribution in [3.8, 4) is 5.69 Å². The lowest BCUT2D eigenvalue weighted by atomic mass is 10.1. The van der Waals surface area contributed by atoms with Crippen molar-refractivity contribution in [1.82, 2.24) is 9.55 Å². The summed E-state index contributed by atoms with van der Waals surface area (Å²) in [7, 11) is 0. The third kappa shape index (κ3) is 2.17. The lowest BCUT2D eigenvalue weighted by Crippen LogP contribution is -2.20. The van der Waals surface area contributed by atoms with E-state index in [1.54, 1.807) is 4.57 Å². The van der Waals surface area contributed by atoms with Crippen LogP contribution in [0.3, 0.4) is 0 Å². The van der Waals surface area contributed by atoms with Crippen molar-refractivity contribution in [1.29, 1.82) is 0 Å². The fourth-order valence-corrected chi connectivity index (χ4v) is 3.75. The molecule has 2 aromatic heterocycles. The molecule has 0 saturated heterocycles. The highest BCUT2D eigenvalue weighted by Crippen LogP contribution is 2.21. The maximum absolute atomic E-state index is 12.6. The minimum Gasteiger partial charge on any atom is -0.323 e. The van der Waals surface area contributed by atoms with Gasteiger partial charge in [-0.25, -0.2) is 0 Å². The van der Waals surface area contributed by atoms with Gasteiger partial charge in [-0.15, -0.1) is 11.3 Å². The van der Waals surface area contributed by atoms with E-state index in [9.17, 15) is 4.79 Å². The Hall–Kier alpha value is -1.24. The molecule has 0 atom stereocenters. The molecule has 0 spiro atoms. The summed E-state index contributed by atoms with van der Waals surface area (Å²) >= 11 is 10.3. The van der Waals surface area contributed by atoms with Crippen LogP contribution >= 0.6 is 39.5 Å². The van der Waals surface area contributed by atoms with E-state index in [4.69, 9.17) is 12.2 Å². The van der Waals surface area contributed by atoms with E-state index >= 15 is 0 Å². The second-order valence-electron chi connectivity index (χ2n) is 4.36. The number of rotatable bonds is 2. The molecule has 0 saturated carbocycles. The van der Waals surface area contributed by atoms with Crippen LogP contribution in [-0.4, -0.2) is 9.55 Å². The predicted molar refractivity (Wildman–Crippen MR) is 89.7 cm³/mol. The second-order valence-corrected chi connectivity index (χ2v) is 6.58. The first kappa shape index (κ1) is 13.7. The van der Waals surface area contributed by atoms with Crippen molar-refractivity contribution in [2.75, 3.05) is 0 Å². The van der Waals surface area contributed by atoms with Gasteiger partial charge in [0.1, 0.15) is 4.83 Å². The first-order valence-electron chi connectivity index (χ1n) is 6.13. The van der Waals surface area contributed by atoms with Crippen LogP contribution in [0.2, 0.25) is 0 Å². The van der Waals surface area contributed by atoms with Crippen molar-refractivity contribution in [3.05, 3.63) is 54.8 Å². The zero-order valence-electron chi connectivity index (χ0n) is 10.6. The Kier molecular flexibility index (Phi) is 3.62. The van der Waals surface area contributed by atoms with Gasteiger partial charge in [0.05, 0.1) is 11.1 Å². The average Bonchev–Trinajstić information content (AvgIpc) is 2.88. The number of aromatic amines is 1. The highest BCUT2D eigenvalue weighted by Gasteiger charge is 2.11. The van der Waals surface area contributed by atoms with Gasteiger partial charge in [-0.05, 0) is 53.8 Å². The van der Waals surface area contributed by atoms with Gasteiger partial charge in [-0.3, -0.25) is 9.36 Å². The van der Waals surface area contributed by atoms with E-state index in [0.717, 1.165) is 27.0 Å². The summed E-state index contributed by atoms with van der Waals surface area (Å²) < 4.78 is 3.01. The van der Waals surface area contributed by atoms with Crippen LogP contribution in [0, 0.1) is 4.77 Å². The van der Waals surface area contributed by atoms with Crippen LogP contribution < -0.4 is 5.56 Å². The molecular formula is C14H11BrN2OS2. The van der Waals surface area contributed by atoms with Crippen molar-refractivity contribution >= 4 is 49.7 Å². The molecule has 2 heterocycles. The van der Waals surface area contributed by atoms with E-state index < -0.39 is 0 Å². The number of fused-ring (bicyclic) bond motifs is 1. The van der Waals surface area contributed by atoms with Crippen LogP contribution in [0.25, 0.3) is 15.9 Å². The van der Waals surface area contributed by atoms with Crippen molar-refractivity contribution < 1.29 is 0 Å². The van der Waals surface area contributed by atoms with Gasteiger partial charge < -0.3 is 4.98 Å². The summed E-state index contributed by atoms with van der Waals surface area (Å²) in [6.07, 6.45) is 0.831. The van der Waals surface area contributed by atoms with Crippen LogP contribution in [0.15, 0.2) is 38.9 Å². The van der Waals surface area contributed by atoms with Gasteiger partial charge >= 0.3 is 0 Å². The van der Waals surface area contributed by atoms with E-state index in [0.29, 0.717) is 10.2 Å². The van der Waals surface area contributed by atoms with Crippen LogP contribution in [0.5, 0.6) is 0 Å². The number of benzene rings is 1. The number of nitrogens with one attached hydrogen (secondary N) is 1. The monoisotopic (exact) mass is 366 g/mol. The first-order valence-corrected chi connectivity index (χ1v) is 8.21. The van der Waals surface area contributed by atoms with E-state index in [-0.39, 0.29) is 5.56 Å². The van der Waals surface area contributed by atoms with Gasteiger partial charge in [-0.1, -0.05) is 22.9 Å².